The topological polar surface area (TPSA) is 12.9 Å². The number of hydrogen-bond donors (Lipinski definition) is 0. The van der Waals surface area contributed by atoms with Gasteiger partial charge in [0.15, 0.2) is 0 Å². The Bertz CT molecular complexity index is 144. The van der Waals surface area contributed by atoms with Crippen LogP contribution in [0.1, 0.15) is 22.2 Å². The summed E-state index contributed by atoms with van der Waals surface area (Å²) in [6.45, 7) is 6.45. The molecule has 1 aromatic heterocycles. The summed E-state index contributed by atoms with van der Waals surface area (Å²) in [5, 5.41) is 0.417. The van der Waals surface area contributed by atoms with Crippen LogP contribution in [0.2, 0.25) is 0 Å². The van der Waals surface area contributed by atoms with Crippen LogP contribution in [0.3, 0.4) is 0 Å². The average Bonchev–Trinajstić information content (AvgIpc) is 1.88. The minimum absolute atomic E-state index is 0. The Balaban J connectivity index is -0.000000136. The molecule has 64 valence electrons. The summed E-state index contributed by atoms with van der Waals surface area (Å²) in [4.78, 5) is 3.78. The van der Waals surface area contributed by atoms with Crippen LogP contribution >= 0.6 is 9.24 Å². The second-order valence-corrected chi connectivity index (χ2v) is 5.12. The van der Waals surface area contributed by atoms with Crippen LogP contribution in [0, 0.1) is 0 Å². The molecule has 3 heteroatoms. The Hall–Kier alpha value is 0.177. The van der Waals surface area contributed by atoms with Gasteiger partial charge in [-0.2, -0.15) is 0 Å². The van der Waals surface area contributed by atoms with Crippen molar-refractivity contribution in [3.05, 3.63) is 30.6 Å². The van der Waals surface area contributed by atoms with Crippen molar-refractivity contribution in [2.24, 2.45) is 0 Å². The molecule has 1 heterocycles. The van der Waals surface area contributed by atoms with E-state index in [-0.39, 0.29) is 20.3 Å². The largest absolute Gasteiger partial charge is 1.00 e. The maximum atomic E-state index is 3.78. The number of aromatic nitrogens is 1. The van der Waals surface area contributed by atoms with Gasteiger partial charge in [-0.25, -0.2) is 0 Å². The van der Waals surface area contributed by atoms with E-state index in [1.807, 2.05) is 18.2 Å². The molecule has 0 aliphatic heterocycles. The summed E-state index contributed by atoms with van der Waals surface area (Å²) in [6, 6.07) is 5.72. The first kappa shape index (κ1) is 14.7. The van der Waals surface area contributed by atoms with Gasteiger partial charge in [0.25, 0.3) is 0 Å². The fourth-order valence-electron chi connectivity index (χ4n) is 0.313. The van der Waals surface area contributed by atoms with E-state index in [0.717, 1.165) is 0 Å². The quantitative estimate of drug-likeness (QED) is 0.397. The Kier molecular flexibility index (Phi) is 9.56. The third kappa shape index (κ3) is 22.5. The zero-order valence-electron chi connectivity index (χ0n) is 9.41. The number of hydrogen-bond acceptors (Lipinski definition) is 1. The molecule has 1 nitrogen and oxygen atoms in total. The van der Waals surface area contributed by atoms with Gasteiger partial charge in [-0.05, 0) is 17.3 Å². The fraction of sp³-hybridized carbons (Fsp3) is 0.444. The molecule has 0 amide bonds. The van der Waals surface area contributed by atoms with Gasteiger partial charge in [0.05, 0.1) is 0 Å². The van der Waals surface area contributed by atoms with Crippen molar-refractivity contribution in [2.45, 2.75) is 25.9 Å². The van der Waals surface area contributed by atoms with Gasteiger partial charge < -0.3 is 1.43 Å². The van der Waals surface area contributed by atoms with E-state index in [1.54, 1.807) is 12.4 Å². The van der Waals surface area contributed by atoms with E-state index in [1.165, 1.54) is 0 Å². The second-order valence-electron chi connectivity index (χ2n) is 3.39. The molecule has 1 aromatic rings. The number of rotatable bonds is 0. The number of nitrogens with zero attached hydrogens (tertiary/aromatic N) is 1. The first-order valence-corrected chi connectivity index (χ1v) is 4.22. The molecule has 1 atom stereocenters. The van der Waals surface area contributed by atoms with Crippen LogP contribution in [0.15, 0.2) is 30.6 Å². The Morgan fingerprint density at radius 3 is 1.50 bits per heavy atom. The summed E-state index contributed by atoms with van der Waals surface area (Å²) in [7, 11) is 2.72. The van der Waals surface area contributed by atoms with E-state index in [2.05, 4.69) is 35.0 Å². The van der Waals surface area contributed by atoms with Gasteiger partial charge in [0, 0.05) is 12.4 Å². The predicted molar refractivity (Wildman–Crippen MR) is 54.8 cm³/mol. The molecule has 1 rings (SSSR count). The van der Waals surface area contributed by atoms with Gasteiger partial charge in [0.1, 0.15) is 0 Å². The van der Waals surface area contributed by atoms with E-state index in [4.69, 9.17) is 0 Å². The summed E-state index contributed by atoms with van der Waals surface area (Å²) in [5.41, 5.74) is 0. The third-order valence-corrected chi connectivity index (χ3v) is 0.566. The van der Waals surface area contributed by atoms with Crippen LogP contribution in [-0.4, -0.2) is 10.1 Å². The smallest absolute Gasteiger partial charge is 1.00 e. The molecular weight excluding hydrogens is 160 g/mol. The normalized spacial score (nSPS) is 9.00. The third-order valence-electron chi connectivity index (χ3n) is 0.566. The molecule has 0 spiro atoms. The van der Waals surface area contributed by atoms with E-state index in [9.17, 15) is 0 Å². The minimum atomic E-state index is 0. The van der Waals surface area contributed by atoms with E-state index < -0.39 is 0 Å². The van der Waals surface area contributed by atoms with Crippen LogP contribution in [0.25, 0.3) is 0 Å². The minimum Gasteiger partial charge on any atom is -1.00 e. The molecule has 0 fully saturated rings. The van der Waals surface area contributed by atoms with E-state index in [0.29, 0.717) is 5.16 Å². The molecule has 0 radical (unpaired) electrons. The SMILES string of the molecule is CC(C)(C)P.[H-].[Li+].c1ccncc1. The zero-order valence-corrected chi connectivity index (χ0v) is 9.57. The maximum absolute atomic E-state index is 3.78. The van der Waals surface area contributed by atoms with Gasteiger partial charge in [-0.1, -0.05) is 26.8 Å². The average molecular weight is 177 g/mol. The molecule has 12 heavy (non-hydrogen) atoms. The first-order chi connectivity index (χ1) is 5.00. The van der Waals surface area contributed by atoms with Crippen molar-refractivity contribution < 1.29 is 20.3 Å². The molecule has 0 N–H and O–H groups in total. The van der Waals surface area contributed by atoms with Crippen molar-refractivity contribution in [3.63, 3.8) is 0 Å². The number of pyridine rings is 1. The van der Waals surface area contributed by atoms with Gasteiger partial charge >= 0.3 is 18.9 Å². The van der Waals surface area contributed by atoms with Crippen LogP contribution < -0.4 is 18.9 Å². The van der Waals surface area contributed by atoms with Crippen molar-refractivity contribution in [1.82, 2.24) is 4.98 Å². The van der Waals surface area contributed by atoms with Gasteiger partial charge in [-0.15, -0.1) is 9.24 Å². The molecular formula is C9H17LiNP. The molecule has 0 bridgehead atoms. The van der Waals surface area contributed by atoms with Crippen LogP contribution in [-0.2, 0) is 0 Å². The van der Waals surface area contributed by atoms with Crippen molar-refractivity contribution in [2.75, 3.05) is 0 Å². The summed E-state index contributed by atoms with van der Waals surface area (Å²) < 4.78 is 0. The Labute approximate surface area is 91.2 Å². The molecule has 0 aliphatic rings. The predicted octanol–water partition coefficient (Wildman–Crippen LogP) is -0.142. The molecule has 0 aliphatic carbocycles. The Morgan fingerprint density at radius 1 is 1.08 bits per heavy atom. The van der Waals surface area contributed by atoms with Crippen molar-refractivity contribution in [3.8, 4) is 0 Å². The summed E-state index contributed by atoms with van der Waals surface area (Å²) in [6.07, 6.45) is 3.50. The fourth-order valence-corrected chi connectivity index (χ4v) is 0.313. The van der Waals surface area contributed by atoms with Crippen molar-refractivity contribution >= 4 is 9.24 Å². The summed E-state index contributed by atoms with van der Waals surface area (Å²) >= 11 is 0. The molecule has 0 saturated heterocycles. The molecule has 0 saturated carbocycles. The first-order valence-electron chi connectivity index (χ1n) is 3.64. The van der Waals surface area contributed by atoms with Crippen molar-refractivity contribution in [1.29, 1.82) is 0 Å². The van der Waals surface area contributed by atoms with Crippen LogP contribution in [0.4, 0.5) is 0 Å². The van der Waals surface area contributed by atoms with Crippen LogP contribution in [0.5, 0.6) is 0 Å². The van der Waals surface area contributed by atoms with E-state index >= 15 is 0 Å². The zero-order chi connectivity index (χ0) is 8.74. The van der Waals surface area contributed by atoms with Gasteiger partial charge in [-0.3, -0.25) is 4.98 Å². The standard InChI is InChI=1S/C5H5N.C4H11P.Li.H/c1-2-4-6-5-3-1;1-4(2,3)5;;/h1-5H;5H2,1-3H3;;/q;;+1;-1. The monoisotopic (exact) mass is 177 g/mol. The second kappa shape index (κ2) is 7.81. The van der Waals surface area contributed by atoms with Gasteiger partial charge in [0.2, 0.25) is 0 Å². The maximum Gasteiger partial charge on any atom is 1.00 e. The molecule has 1 unspecified atom stereocenters. The summed E-state index contributed by atoms with van der Waals surface area (Å²) in [5.74, 6) is 0. The Morgan fingerprint density at radius 2 is 1.42 bits per heavy atom. The molecule has 0 aromatic carbocycles.